The molecule has 1 aromatic carbocycles. The number of hydrogen-bond donors (Lipinski definition) is 0. The van der Waals surface area contributed by atoms with E-state index in [-0.39, 0.29) is 29.8 Å². The molecule has 3 rings (SSSR count). The van der Waals surface area contributed by atoms with Crippen molar-refractivity contribution in [3.05, 3.63) is 35.6 Å². The second kappa shape index (κ2) is 6.10. The van der Waals surface area contributed by atoms with Gasteiger partial charge in [0.15, 0.2) is 0 Å². The van der Waals surface area contributed by atoms with Gasteiger partial charge in [0.2, 0.25) is 5.91 Å². The number of carbonyl (C=O) groups is 3. The molecular weight excluding hydrogens is 301 g/mol. The Kier molecular flexibility index (Phi) is 4.15. The summed E-state index contributed by atoms with van der Waals surface area (Å²) in [6.45, 7) is 1.66. The van der Waals surface area contributed by atoms with Crippen LogP contribution in [0.15, 0.2) is 24.3 Å². The van der Waals surface area contributed by atoms with E-state index < -0.39 is 11.7 Å². The van der Waals surface area contributed by atoms with E-state index in [2.05, 4.69) is 0 Å². The van der Waals surface area contributed by atoms with Crippen molar-refractivity contribution in [2.24, 2.45) is 11.8 Å². The van der Waals surface area contributed by atoms with Gasteiger partial charge >= 0.3 is 5.97 Å². The monoisotopic (exact) mass is 319 g/mol. The molecule has 2 aliphatic rings. The van der Waals surface area contributed by atoms with Crippen molar-refractivity contribution in [1.82, 2.24) is 4.90 Å². The molecule has 1 heterocycles. The number of nitrogens with zero attached hydrogens (tertiary/aromatic N) is 1. The van der Waals surface area contributed by atoms with Gasteiger partial charge in [-0.2, -0.15) is 0 Å². The van der Waals surface area contributed by atoms with Gasteiger partial charge in [-0.05, 0) is 43.5 Å². The number of carbonyl (C=O) groups excluding carboxylic acids is 3. The van der Waals surface area contributed by atoms with Crippen LogP contribution in [0.25, 0.3) is 0 Å². The fraction of sp³-hybridized carbons (Fsp3) is 0.471. The molecule has 1 aromatic rings. The third-order valence-corrected chi connectivity index (χ3v) is 4.68. The second-order valence-electron chi connectivity index (χ2n) is 6.09. The van der Waals surface area contributed by atoms with Crippen molar-refractivity contribution in [3.8, 4) is 0 Å². The molecule has 0 aromatic heterocycles. The Balaban J connectivity index is 1.73. The van der Waals surface area contributed by atoms with Gasteiger partial charge in [-0.1, -0.05) is 0 Å². The zero-order valence-corrected chi connectivity index (χ0v) is 12.8. The predicted molar refractivity (Wildman–Crippen MR) is 78.8 cm³/mol. The first-order chi connectivity index (χ1) is 11.0. The standard InChI is InChI=1S/C17H18FNO4/c1-10(20)23-15-7-6-14-13(15)8-9-19(17(14)22)16(21)11-2-4-12(18)5-3-11/h2-5,13-15H,6-9H2,1H3. The molecule has 0 spiro atoms. The van der Waals surface area contributed by atoms with Crippen LogP contribution >= 0.6 is 0 Å². The number of rotatable bonds is 2. The number of halogens is 1. The molecule has 3 unspecified atom stereocenters. The van der Waals surface area contributed by atoms with Crippen molar-refractivity contribution in [3.63, 3.8) is 0 Å². The number of amides is 2. The van der Waals surface area contributed by atoms with E-state index in [0.29, 0.717) is 31.4 Å². The lowest BCUT2D eigenvalue weighted by atomic mass is 9.86. The minimum atomic E-state index is -0.424. The Morgan fingerprint density at radius 2 is 1.87 bits per heavy atom. The quantitative estimate of drug-likeness (QED) is 0.619. The van der Waals surface area contributed by atoms with Crippen molar-refractivity contribution in [1.29, 1.82) is 0 Å². The third kappa shape index (κ3) is 2.98. The number of ether oxygens (including phenoxy) is 1. The van der Waals surface area contributed by atoms with Crippen LogP contribution in [0.3, 0.4) is 0 Å². The van der Waals surface area contributed by atoms with E-state index in [1.54, 1.807) is 0 Å². The molecular formula is C17H18FNO4. The molecule has 1 saturated carbocycles. The Morgan fingerprint density at radius 1 is 1.17 bits per heavy atom. The van der Waals surface area contributed by atoms with Crippen LogP contribution in [0.1, 0.15) is 36.5 Å². The summed E-state index contributed by atoms with van der Waals surface area (Å²) < 4.78 is 18.2. The maximum atomic E-state index is 13.0. The Morgan fingerprint density at radius 3 is 2.52 bits per heavy atom. The van der Waals surface area contributed by atoms with Gasteiger partial charge < -0.3 is 4.74 Å². The van der Waals surface area contributed by atoms with E-state index in [0.717, 1.165) is 0 Å². The molecule has 5 nitrogen and oxygen atoms in total. The summed E-state index contributed by atoms with van der Waals surface area (Å²) in [6, 6.07) is 5.17. The molecule has 1 saturated heterocycles. The first kappa shape index (κ1) is 15.6. The second-order valence-corrected chi connectivity index (χ2v) is 6.09. The molecule has 3 atom stereocenters. The van der Waals surface area contributed by atoms with Crippen LogP contribution in [-0.4, -0.2) is 35.3 Å². The van der Waals surface area contributed by atoms with Crippen LogP contribution < -0.4 is 0 Å². The molecule has 1 aliphatic carbocycles. The number of imide groups is 1. The van der Waals surface area contributed by atoms with Crippen molar-refractivity contribution >= 4 is 17.8 Å². The third-order valence-electron chi connectivity index (χ3n) is 4.68. The number of likely N-dealkylation sites (tertiary alicyclic amines) is 1. The lowest BCUT2D eigenvalue weighted by Gasteiger charge is -2.34. The van der Waals surface area contributed by atoms with E-state index in [4.69, 9.17) is 4.74 Å². The summed E-state index contributed by atoms with van der Waals surface area (Å²) >= 11 is 0. The van der Waals surface area contributed by atoms with Gasteiger partial charge in [0, 0.05) is 30.9 Å². The largest absolute Gasteiger partial charge is 0.462 e. The summed E-state index contributed by atoms with van der Waals surface area (Å²) in [6.07, 6.45) is 1.67. The topological polar surface area (TPSA) is 63.7 Å². The van der Waals surface area contributed by atoms with Gasteiger partial charge in [-0.3, -0.25) is 19.3 Å². The Labute approximate surface area is 133 Å². The lowest BCUT2D eigenvalue weighted by molar-refractivity contribution is -0.152. The summed E-state index contributed by atoms with van der Waals surface area (Å²) in [7, 11) is 0. The number of hydrogen-bond acceptors (Lipinski definition) is 4. The van der Waals surface area contributed by atoms with Crippen molar-refractivity contribution in [2.45, 2.75) is 32.3 Å². The van der Waals surface area contributed by atoms with Crippen LogP contribution in [0, 0.1) is 17.7 Å². The Hall–Kier alpha value is -2.24. The number of esters is 1. The van der Waals surface area contributed by atoms with Crippen LogP contribution in [0.2, 0.25) is 0 Å². The minimum absolute atomic E-state index is 0.0105. The highest BCUT2D eigenvalue weighted by Crippen LogP contribution is 2.40. The van der Waals surface area contributed by atoms with Crippen LogP contribution in [0.4, 0.5) is 4.39 Å². The first-order valence-corrected chi connectivity index (χ1v) is 7.76. The van der Waals surface area contributed by atoms with E-state index in [1.807, 2.05) is 0 Å². The maximum Gasteiger partial charge on any atom is 0.302 e. The number of piperidine rings is 1. The normalized spacial score (nSPS) is 26.8. The van der Waals surface area contributed by atoms with Crippen molar-refractivity contribution < 1.29 is 23.5 Å². The molecule has 2 amide bonds. The minimum Gasteiger partial charge on any atom is -0.462 e. The highest BCUT2D eigenvalue weighted by atomic mass is 19.1. The Bertz CT molecular complexity index is 642. The summed E-state index contributed by atoms with van der Waals surface area (Å²) in [5, 5.41) is 0. The predicted octanol–water partition coefficient (Wildman–Crippen LogP) is 2.16. The molecule has 0 N–H and O–H groups in total. The fourth-order valence-corrected chi connectivity index (χ4v) is 3.62. The smallest absolute Gasteiger partial charge is 0.302 e. The first-order valence-electron chi connectivity index (χ1n) is 7.76. The molecule has 23 heavy (non-hydrogen) atoms. The average Bonchev–Trinajstić information content (AvgIpc) is 2.91. The molecule has 6 heteroatoms. The summed E-state index contributed by atoms with van der Waals surface area (Å²) in [5.74, 6) is -1.67. The van der Waals surface area contributed by atoms with Crippen molar-refractivity contribution in [2.75, 3.05) is 6.54 Å². The molecule has 0 radical (unpaired) electrons. The fourth-order valence-electron chi connectivity index (χ4n) is 3.62. The summed E-state index contributed by atoms with van der Waals surface area (Å²) in [5.41, 5.74) is 0.299. The SMILES string of the molecule is CC(=O)OC1CCC2C(=O)N(C(=O)c3ccc(F)cc3)CCC12. The van der Waals surface area contributed by atoms with Gasteiger partial charge in [-0.25, -0.2) is 4.39 Å². The van der Waals surface area contributed by atoms with Crippen LogP contribution in [-0.2, 0) is 14.3 Å². The zero-order valence-electron chi connectivity index (χ0n) is 12.8. The highest BCUT2D eigenvalue weighted by Gasteiger charge is 2.47. The van der Waals surface area contributed by atoms with Crippen LogP contribution in [0.5, 0.6) is 0 Å². The van der Waals surface area contributed by atoms with Gasteiger partial charge in [-0.15, -0.1) is 0 Å². The highest BCUT2D eigenvalue weighted by molar-refractivity contribution is 6.05. The summed E-state index contributed by atoms with van der Waals surface area (Å²) in [4.78, 5) is 37.5. The van der Waals surface area contributed by atoms with E-state index >= 15 is 0 Å². The zero-order chi connectivity index (χ0) is 16.6. The van der Waals surface area contributed by atoms with E-state index in [9.17, 15) is 18.8 Å². The maximum absolute atomic E-state index is 13.0. The van der Waals surface area contributed by atoms with E-state index in [1.165, 1.54) is 36.1 Å². The molecule has 122 valence electrons. The van der Waals surface area contributed by atoms with Gasteiger partial charge in [0.05, 0.1) is 0 Å². The lowest BCUT2D eigenvalue weighted by Crippen LogP contribution is -2.48. The number of fused-ring (bicyclic) bond motifs is 1. The molecule has 2 fully saturated rings. The molecule has 0 bridgehead atoms. The van der Waals surface area contributed by atoms with Gasteiger partial charge in [0.25, 0.3) is 5.91 Å². The number of benzene rings is 1. The molecule has 1 aliphatic heterocycles. The average molecular weight is 319 g/mol. The van der Waals surface area contributed by atoms with Gasteiger partial charge in [0.1, 0.15) is 11.9 Å².